The number of aryl methyl sites for hydroxylation is 1. The number of amides is 1. The molecule has 1 aromatic carbocycles. The van der Waals surface area contributed by atoms with Gasteiger partial charge in [0.15, 0.2) is 0 Å². The number of nitrogens with one attached hydrogen (secondary N) is 1. The molecule has 0 aliphatic rings. The fourth-order valence-electron chi connectivity index (χ4n) is 2.22. The van der Waals surface area contributed by atoms with Gasteiger partial charge in [-0.2, -0.15) is 0 Å². The van der Waals surface area contributed by atoms with Crippen molar-refractivity contribution in [2.75, 3.05) is 5.32 Å². The number of carbonyl (C=O) groups is 1. The molecule has 3 rings (SSSR count). The zero-order chi connectivity index (χ0) is 15.7. The van der Waals surface area contributed by atoms with Gasteiger partial charge in [-0.3, -0.25) is 9.59 Å². The third-order valence-corrected chi connectivity index (χ3v) is 4.49. The smallest absolute Gasteiger partial charge is 0.259 e. The minimum atomic E-state index is -0.254. The Morgan fingerprint density at radius 2 is 2.00 bits per heavy atom. The van der Waals surface area contributed by atoms with Gasteiger partial charge in [0.05, 0.1) is 5.39 Å². The van der Waals surface area contributed by atoms with Crippen LogP contribution >= 0.6 is 22.9 Å². The van der Waals surface area contributed by atoms with Crippen LogP contribution in [0.2, 0.25) is 5.02 Å². The van der Waals surface area contributed by atoms with Gasteiger partial charge < -0.3 is 9.88 Å². The number of nitrogens with zero attached hydrogens (tertiary/aromatic N) is 1. The number of fused-ring (bicyclic) bond motifs is 1. The molecule has 0 spiro atoms. The van der Waals surface area contributed by atoms with Gasteiger partial charge in [-0.05, 0) is 43.3 Å². The molecule has 0 saturated carbocycles. The van der Waals surface area contributed by atoms with E-state index in [0.29, 0.717) is 16.1 Å². The molecule has 22 heavy (non-hydrogen) atoms. The van der Waals surface area contributed by atoms with E-state index in [0.717, 1.165) is 9.58 Å². The maximum Gasteiger partial charge on any atom is 0.259 e. The average Bonchev–Trinajstić information content (AvgIpc) is 2.86. The molecule has 0 aliphatic heterocycles. The molecule has 2 heterocycles. The number of anilines is 1. The predicted molar refractivity (Wildman–Crippen MR) is 90.9 cm³/mol. The molecule has 1 N–H and O–H groups in total. The maximum atomic E-state index is 12.3. The summed E-state index contributed by atoms with van der Waals surface area (Å²) in [5.41, 5.74) is 0.503. The normalized spacial score (nSPS) is 10.8. The lowest BCUT2D eigenvalue weighted by atomic mass is 10.3. The average molecular weight is 333 g/mol. The first-order chi connectivity index (χ1) is 10.5. The topological polar surface area (TPSA) is 51.1 Å². The fourth-order valence-corrected chi connectivity index (χ4v) is 3.25. The monoisotopic (exact) mass is 332 g/mol. The first-order valence-corrected chi connectivity index (χ1v) is 7.87. The number of benzene rings is 1. The number of hydrogen-bond donors (Lipinski definition) is 1. The van der Waals surface area contributed by atoms with Crippen LogP contribution in [0, 0.1) is 6.92 Å². The first kappa shape index (κ1) is 14.8. The second-order valence-electron chi connectivity index (χ2n) is 4.94. The molecule has 0 saturated heterocycles. The van der Waals surface area contributed by atoms with Crippen molar-refractivity contribution in [1.82, 2.24) is 4.57 Å². The lowest BCUT2D eigenvalue weighted by molar-refractivity contribution is -0.116. The van der Waals surface area contributed by atoms with Crippen molar-refractivity contribution in [3.8, 4) is 0 Å². The molecule has 0 radical (unpaired) electrons. The second-order valence-corrected chi connectivity index (χ2v) is 6.66. The zero-order valence-electron chi connectivity index (χ0n) is 11.8. The SMILES string of the molecule is Cc1cc2c(=O)n(CC(=O)Nc3ccc(Cl)cc3)ccc2s1. The molecule has 0 aliphatic carbocycles. The summed E-state index contributed by atoms with van der Waals surface area (Å²) in [6, 6.07) is 10.6. The molecule has 1 amide bonds. The van der Waals surface area contributed by atoms with Gasteiger partial charge in [0.25, 0.3) is 5.56 Å². The van der Waals surface area contributed by atoms with E-state index < -0.39 is 0 Å². The van der Waals surface area contributed by atoms with Crippen LogP contribution in [0.3, 0.4) is 0 Å². The number of rotatable bonds is 3. The van der Waals surface area contributed by atoms with Crippen LogP contribution in [0.15, 0.2) is 47.4 Å². The molecule has 0 fully saturated rings. The van der Waals surface area contributed by atoms with Crippen LogP contribution in [0.1, 0.15) is 4.88 Å². The Balaban J connectivity index is 1.80. The lowest BCUT2D eigenvalue weighted by Crippen LogP contribution is -2.26. The Kier molecular flexibility index (Phi) is 4.00. The summed E-state index contributed by atoms with van der Waals surface area (Å²) in [7, 11) is 0. The molecule has 112 valence electrons. The van der Waals surface area contributed by atoms with Crippen molar-refractivity contribution >= 4 is 44.6 Å². The van der Waals surface area contributed by atoms with Crippen LogP contribution in [-0.4, -0.2) is 10.5 Å². The summed E-state index contributed by atoms with van der Waals surface area (Å²) in [6.07, 6.45) is 1.65. The van der Waals surface area contributed by atoms with Gasteiger partial charge >= 0.3 is 0 Å². The second kappa shape index (κ2) is 5.94. The highest BCUT2D eigenvalue weighted by Crippen LogP contribution is 2.21. The van der Waals surface area contributed by atoms with E-state index >= 15 is 0 Å². The highest BCUT2D eigenvalue weighted by atomic mass is 35.5. The van der Waals surface area contributed by atoms with Gasteiger partial charge in [0.2, 0.25) is 5.91 Å². The first-order valence-electron chi connectivity index (χ1n) is 6.68. The predicted octanol–water partition coefficient (Wildman–Crippen LogP) is 3.66. The summed E-state index contributed by atoms with van der Waals surface area (Å²) in [5, 5.41) is 4.00. The highest BCUT2D eigenvalue weighted by Gasteiger charge is 2.09. The highest BCUT2D eigenvalue weighted by molar-refractivity contribution is 7.18. The van der Waals surface area contributed by atoms with Gasteiger partial charge in [-0.1, -0.05) is 11.6 Å². The Labute approximate surface area is 136 Å². The quantitative estimate of drug-likeness (QED) is 0.795. The van der Waals surface area contributed by atoms with Crippen molar-refractivity contribution in [1.29, 1.82) is 0 Å². The molecule has 0 atom stereocenters. The van der Waals surface area contributed by atoms with E-state index in [1.54, 1.807) is 41.8 Å². The molecule has 4 nitrogen and oxygen atoms in total. The number of thiophene rings is 1. The minimum Gasteiger partial charge on any atom is -0.325 e. The van der Waals surface area contributed by atoms with Crippen LogP contribution in [0.25, 0.3) is 10.1 Å². The number of hydrogen-bond acceptors (Lipinski definition) is 3. The van der Waals surface area contributed by atoms with E-state index in [-0.39, 0.29) is 18.0 Å². The van der Waals surface area contributed by atoms with E-state index in [9.17, 15) is 9.59 Å². The van der Waals surface area contributed by atoms with Crippen LogP contribution in [-0.2, 0) is 11.3 Å². The molecular formula is C16H13ClN2O2S. The zero-order valence-corrected chi connectivity index (χ0v) is 13.4. The van der Waals surface area contributed by atoms with Crippen molar-refractivity contribution in [2.24, 2.45) is 0 Å². The number of aromatic nitrogens is 1. The van der Waals surface area contributed by atoms with Crippen LogP contribution in [0.5, 0.6) is 0 Å². The van der Waals surface area contributed by atoms with Crippen molar-refractivity contribution < 1.29 is 4.79 Å². The van der Waals surface area contributed by atoms with Crippen molar-refractivity contribution in [3.05, 3.63) is 62.8 Å². The summed E-state index contributed by atoms with van der Waals surface area (Å²) in [6.45, 7) is 1.94. The number of carbonyl (C=O) groups excluding carboxylic acids is 1. The van der Waals surface area contributed by atoms with E-state index in [4.69, 9.17) is 11.6 Å². The van der Waals surface area contributed by atoms with Gasteiger partial charge in [0, 0.05) is 26.5 Å². The standard InChI is InChI=1S/C16H13ClN2O2S/c1-10-8-13-14(22-10)6-7-19(16(13)21)9-15(20)18-12-4-2-11(17)3-5-12/h2-8H,9H2,1H3,(H,18,20). The Morgan fingerprint density at radius 1 is 1.27 bits per heavy atom. The third-order valence-electron chi connectivity index (χ3n) is 3.22. The Bertz CT molecular complexity index is 897. The van der Waals surface area contributed by atoms with Gasteiger partial charge in [0.1, 0.15) is 6.54 Å². The largest absolute Gasteiger partial charge is 0.325 e. The Hall–Kier alpha value is -2.11. The van der Waals surface area contributed by atoms with Crippen LogP contribution in [0.4, 0.5) is 5.69 Å². The van der Waals surface area contributed by atoms with Gasteiger partial charge in [-0.15, -0.1) is 11.3 Å². The summed E-state index contributed by atoms with van der Waals surface area (Å²) < 4.78 is 2.36. The summed E-state index contributed by atoms with van der Waals surface area (Å²) in [4.78, 5) is 25.5. The third kappa shape index (κ3) is 3.05. The van der Waals surface area contributed by atoms with Gasteiger partial charge in [-0.25, -0.2) is 0 Å². The van der Waals surface area contributed by atoms with E-state index in [1.165, 1.54) is 4.57 Å². The maximum absolute atomic E-state index is 12.3. The van der Waals surface area contributed by atoms with Crippen molar-refractivity contribution in [3.63, 3.8) is 0 Å². The minimum absolute atomic E-state index is 0.0215. The van der Waals surface area contributed by atoms with Crippen molar-refractivity contribution in [2.45, 2.75) is 13.5 Å². The lowest BCUT2D eigenvalue weighted by Gasteiger charge is -2.07. The summed E-state index contributed by atoms with van der Waals surface area (Å²) in [5.74, 6) is -0.254. The summed E-state index contributed by atoms with van der Waals surface area (Å²) >= 11 is 7.37. The molecule has 6 heteroatoms. The molecule has 0 bridgehead atoms. The molecule has 2 aromatic heterocycles. The van der Waals surface area contributed by atoms with Crippen LogP contribution < -0.4 is 10.9 Å². The molecule has 0 unspecified atom stereocenters. The molecule has 3 aromatic rings. The van der Waals surface area contributed by atoms with E-state index in [2.05, 4.69) is 5.32 Å². The number of pyridine rings is 1. The van der Waals surface area contributed by atoms with E-state index in [1.807, 2.05) is 19.1 Å². The number of halogens is 1. The Morgan fingerprint density at radius 3 is 2.73 bits per heavy atom. The fraction of sp³-hybridized carbons (Fsp3) is 0.125. The molecular weight excluding hydrogens is 320 g/mol.